The molecule has 0 amide bonds. The van der Waals surface area contributed by atoms with E-state index in [1.807, 2.05) is 35.6 Å². The third kappa shape index (κ3) is 4.61. The van der Waals surface area contributed by atoms with E-state index in [1.165, 1.54) is 47.3 Å². The minimum atomic E-state index is 0.676. The van der Waals surface area contributed by atoms with Gasteiger partial charge < -0.3 is 0 Å². The van der Waals surface area contributed by atoms with Crippen molar-refractivity contribution < 1.29 is 0 Å². The molecule has 3 heterocycles. The van der Waals surface area contributed by atoms with Crippen LogP contribution in [0, 0.1) is 0 Å². The summed E-state index contributed by atoms with van der Waals surface area (Å²) in [7, 11) is 0. The molecule has 0 fully saturated rings. The van der Waals surface area contributed by atoms with E-state index in [0.29, 0.717) is 5.82 Å². The van der Waals surface area contributed by atoms with Gasteiger partial charge in [-0.15, -0.1) is 11.3 Å². The smallest absolute Gasteiger partial charge is 0.160 e. The van der Waals surface area contributed by atoms with Crippen LogP contribution in [0.5, 0.6) is 0 Å². The van der Waals surface area contributed by atoms with Gasteiger partial charge in [-0.05, 0) is 63.0 Å². The van der Waals surface area contributed by atoms with Gasteiger partial charge in [0.25, 0.3) is 0 Å². The van der Waals surface area contributed by atoms with Crippen LogP contribution in [0.25, 0.3) is 98.1 Å². The maximum Gasteiger partial charge on any atom is 0.160 e. The van der Waals surface area contributed by atoms with Gasteiger partial charge in [-0.3, -0.25) is 0 Å². The highest BCUT2D eigenvalue weighted by molar-refractivity contribution is 7.26. The summed E-state index contributed by atoms with van der Waals surface area (Å²) in [5.41, 5.74) is 8.86. The SMILES string of the molecule is c1ccc(-c2cccc(-c3cc(-c4cccc(-c5ccc6c7ccccc7c7cccc8sc5c6c87)n4)nc(-c4ccccc4)n3)c2)cc1. The number of nitrogens with zero attached hydrogens (tertiary/aromatic N) is 3. The van der Waals surface area contributed by atoms with Crippen LogP contribution < -0.4 is 0 Å². The predicted molar refractivity (Wildman–Crippen MR) is 206 cm³/mol. The van der Waals surface area contributed by atoms with Crippen LogP contribution in [0.3, 0.4) is 0 Å². The van der Waals surface area contributed by atoms with Gasteiger partial charge in [-0.25, -0.2) is 15.0 Å². The Morgan fingerprint density at radius 3 is 1.78 bits per heavy atom. The molecule has 0 saturated heterocycles. The molecule has 228 valence electrons. The first-order chi connectivity index (χ1) is 24.3. The fraction of sp³-hybridized carbons (Fsp3) is 0. The van der Waals surface area contributed by atoms with Crippen molar-refractivity contribution in [3.63, 3.8) is 0 Å². The average Bonchev–Trinajstić information content (AvgIpc) is 3.58. The second kappa shape index (κ2) is 11.2. The molecule has 3 nitrogen and oxygen atoms in total. The van der Waals surface area contributed by atoms with E-state index in [-0.39, 0.29) is 0 Å². The molecule has 0 radical (unpaired) electrons. The van der Waals surface area contributed by atoms with Gasteiger partial charge in [-0.1, -0.05) is 133 Å². The lowest BCUT2D eigenvalue weighted by Gasteiger charge is -2.12. The summed E-state index contributed by atoms with van der Waals surface area (Å²) in [5.74, 6) is 0.676. The largest absolute Gasteiger partial charge is 0.246 e. The molecular formula is C45H27N3S. The van der Waals surface area contributed by atoms with Crippen molar-refractivity contribution in [1.82, 2.24) is 15.0 Å². The molecule has 0 unspecified atom stereocenters. The fourth-order valence-corrected chi connectivity index (χ4v) is 8.46. The fourth-order valence-electron chi connectivity index (χ4n) is 7.18. The van der Waals surface area contributed by atoms with E-state index in [2.05, 4.69) is 140 Å². The molecule has 0 N–H and O–H groups in total. The minimum Gasteiger partial charge on any atom is -0.246 e. The Morgan fingerprint density at radius 2 is 0.959 bits per heavy atom. The minimum absolute atomic E-state index is 0.676. The predicted octanol–water partition coefficient (Wildman–Crippen LogP) is 12.3. The number of aromatic nitrogens is 3. The highest BCUT2D eigenvalue weighted by Gasteiger charge is 2.19. The number of hydrogen-bond donors (Lipinski definition) is 0. The second-order valence-corrected chi connectivity index (χ2v) is 13.4. The van der Waals surface area contributed by atoms with Crippen LogP contribution in [0.15, 0.2) is 164 Å². The average molecular weight is 642 g/mol. The molecule has 0 spiro atoms. The van der Waals surface area contributed by atoms with Gasteiger partial charge in [0, 0.05) is 36.9 Å². The summed E-state index contributed by atoms with van der Waals surface area (Å²) in [6.45, 7) is 0. The third-order valence-electron chi connectivity index (χ3n) is 9.46. The van der Waals surface area contributed by atoms with Crippen molar-refractivity contribution in [3.05, 3.63) is 164 Å². The van der Waals surface area contributed by atoms with Gasteiger partial charge in [0.1, 0.15) is 0 Å². The number of hydrogen-bond acceptors (Lipinski definition) is 4. The third-order valence-corrected chi connectivity index (χ3v) is 10.7. The Morgan fingerprint density at radius 1 is 0.347 bits per heavy atom. The van der Waals surface area contributed by atoms with Crippen molar-refractivity contribution in [2.24, 2.45) is 0 Å². The molecule has 3 aromatic heterocycles. The molecule has 0 aliphatic carbocycles. The first kappa shape index (κ1) is 27.8. The van der Waals surface area contributed by atoms with Crippen molar-refractivity contribution in [3.8, 4) is 56.4 Å². The molecule has 10 aromatic rings. The van der Waals surface area contributed by atoms with E-state index >= 15 is 0 Å². The van der Waals surface area contributed by atoms with Crippen LogP contribution >= 0.6 is 11.3 Å². The molecule has 0 saturated carbocycles. The molecule has 0 aliphatic rings. The number of pyridine rings is 1. The lowest BCUT2D eigenvalue weighted by Crippen LogP contribution is -1.98. The van der Waals surface area contributed by atoms with Gasteiger partial charge in [0.2, 0.25) is 0 Å². The maximum atomic E-state index is 5.30. The van der Waals surface area contributed by atoms with Crippen molar-refractivity contribution >= 4 is 53.1 Å². The monoisotopic (exact) mass is 641 g/mol. The number of fused-ring (bicyclic) bond motifs is 3. The molecule has 0 bridgehead atoms. The van der Waals surface area contributed by atoms with Crippen molar-refractivity contribution in [2.45, 2.75) is 0 Å². The van der Waals surface area contributed by atoms with Crippen LogP contribution in [-0.2, 0) is 0 Å². The standard InChI is InChI=1S/C45H27N3S/c1-3-12-28(13-4-1)30-16-9-17-31(26-30)39-27-40(48-45(47-39)29-14-5-2-6-15-29)38-22-11-21-37(46-38)36-25-24-35-33-19-8-7-18-32(33)34-20-10-23-41-42(34)43(35)44(36)49-41/h1-27H. The zero-order valence-corrected chi connectivity index (χ0v) is 27.2. The first-order valence-electron chi connectivity index (χ1n) is 16.4. The molecule has 49 heavy (non-hydrogen) atoms. The summed E-state index contributed by atoms with van der Waals surface area (Å²) in [5, 5.41) is 7.87. The van der Waals surface area contributed by atoms with Gasteiger partial charge >= 0.3 is 0 Å². The van der Waals surface area contributed by atoms with E-state index in [4.69, 9.17) is 15.0 Å². The van der Waals surface area contributed by atoms with Crippen LogP contribution in [0.2, 0.25) is 0 Å². The lowest BCUT2D eigenvalue weighted by atomic mass is 9.93. The Hall–Kier alpha value is -6.23. The van der Waals surface area contributed by atoms with Crippen LogP contribution in [0.1, 0.15) is 0 Å². The summed E-state index contributed by atoms with van der Waals surface area (Å²) in [4.78, 5) is 15.5. The number of thiophene rings is 1. The summed E-state index contributed by atoms with van der Waals surface area (Å²) < 4.78 is 2.57. The highest BCUT2D eigenvalue weighted by atomic mass is 32.1. The Kier molecular flexibility index (Phi) is 6.36. The quantitative estimate of drug-likeness (QED) is 0.176. The summed E-state index contributed by atoms with van der Waals surface area (Å²) >= 11 is 1.86. The normalized spacial score (nSPS) is 11.7. The molecule has 10 rings (SSSR count). The summed E-state index contributed by atoms with van der Waals surface area (Å²) in [6, 6.07) is 57.5. The van der Waals surface area contributed by atoms with E-state index < -0.39 is 0 Å². The molecule has 0 atom stereocenters. The Labute approximate surface area is 287 Å². The van der Waals surface area contributed by atoms with E-state index in [1.54, 1.807) is 0 Å². The summed E-state index contributed by atoms with van der Waals surface area (Å²) in [6.07, 6.45) is 0. The molecular weight excluding hydrogens is 615 g/mol. The Bertz CT molecular complexity index is 2820. The topological polar surface area (TPSA) is 38.7 Å². The second-order valence-electron chi connectivity index (χ2n) is 12.4. The highest BCUT2D eigenvalue weighted by Crippen LogP contribution is 2.48. The van der Waals surface area contributed by atoms with Gasteiger partial charge in [-0.2, -0.15) is 0 Å². The zero-order chi connectivity index (χ0) is 32.3. The zero-order valence-electron chi connectivity index (χ0n) is 26.3. The maximum absolute atomic E-state index is 5.30. The van der Waals surface area contributed by atoms with Gasteiger partial charge in [0.15, 0.2) is 5.82 Å². The van der Waals surface area contributed by atoms with Crippen LogP contribution in [-0.4, -0.2) is 15.0 Å². The molecule has 4 heteroatoms. The van der Waals surface area contributed by atoms with E-state index in [0.717, 1.165) is 45.0 Å². The van der Waals surface area contributed by atoms with Crippen LogP contribution in [0.4, 0.5) is 0 Å². The molecule has 7 aromatic carbocycles. The number of rotatable bonds is 5. The van der Waals surface area contributed by atoms with Gasteiger partial charge in [0.05, 0.1) is 22.8 Å². The lowest BCUT2D eigenvalue weighted by molar-refractivity contribution is 1.16. The van der Waals surface area contributed by atoms with E-state index in [9.17, 15) is 0 Å². The first-order valence-corrected chi connectivity index (χ1v) is 17.3. The van der Waals surface area contributed by atoms with Crippen molar-refractivity contribution in [1.29, 1.82) is 0 Å². The van der Waals surface area contributed by atoms with Crippen molar-refractivity contribution in [2.75, 3.05) is 0 Å². The molecule has 0 aliphatic heterocycles. The number of benzene rings is 7. The Balaban J connectivity index is 1.15.